The highest BCUT2D eigenvalue weighted by molar-refractivity contribution is 5.99. The quantitative estimate of drug-likeness (QED) is 0.825. The summed E-state index contributed by atoms with van der Waals surface area (Å²) < 4.78 is 5.39. The topological polar surface area (TPSA) is 64.3 Å². The molecule has 3 N–H and O–H groups in total. The lowest BCUT2D eigenvalue weighted by Gasteiger charge is -2.15. The summed E-state index contributed by atoms with van der Waals surface area (Å²) in [6, 6.07) is 11.1. The molecule has 0 aliphatic heterocycles. The minimum Gasteiger partial charge on any atom is -1.00 e. The number of nitrogens with one attached hydrogen (secondary N) is 1. The smallest absolute Gasteiger partial charge is 0.241 e. The maximum Gasteiger partial charge on any atom is 0.241 e. The zero-order chi connectivity index (χ0) is 15.4. The number of halogens is 1. The Morgan fingerprint density at radius 2 is 1.95 bits per heavy atom. The number of benzene rings is 2. The Hall–Kier alpha value is -1.78. The molecule has 120 valence electrons. The molecule has 2 aromatic carbocycles. The van der Waals surface area contributed by atoms with Crippen molar-refractivity contribution in [1.82, 2.24) is 0 Å². The van der Waals surface area contributed by atoms with Crippen LogP contribution in [0.2, 0.25) is 0 Å². The van der Waals surface area contributed by atoms with Crippen LogP contribution in [0.5, 0.6) is 5.75 Å². The summed E-state index contributed by atoms with van der Waals surface area (Å²) in [5, 5.41) is 4.91. The van der Waals surface area contributed by atoms with E-state index in [4.69, 9.17) is 10.5 Å². The number of nitrogens with two attached hydrogens (primary N) is 1. The second-order valence-electron chi connectivity index (χ2n) is 5.62. The average molecular weight is 322 g/mol. The summed E-state index contributed by atoms with van der Waals surface area (Å²) in [6.07, 6.45) is 0.663. The van der Waals surface area contributed by atoms with Gasteiger partial charge >= 0.3 is 0 Å². The molecule has 5 heteroatoms. The Morgan fingerprint density at radius 1 is 1.27 bits per heavy atom. The molecule has 2 rings (SSSR count). The molecule has 0 saturated carbocycles. The van der Waals surface area contributed by atoms with E-state index in [1.807, 2.05) is 50.2 Å². The Balaban J connectivity index is 0.00000242. The van der Waals surface area contributed by atoms with Crippen LogP contribution in [0.25, 0.3) is 10.8 Å². The number of hydrogen-bond donors (Lipinski definition) is 2. The van der Waals surface area contributed by atoms with E-state index in [-0.39, 0.29) is 18.3 Å². The third-order valence-electron chi connectivity index (χ3n) is 3.37. The van der Waals surface area contributed by atoms with Crippen molar-refractivity contribution in [2.75, 3.05) is 12.4 Å². The minimum atomic E-state index is -0.498. The molecular formula is C17H22ClN2O2-. The fourth-order valence-electron chi connectivity index (χ4n) is 2.37. The summed E-state index contributed by atoms with van der Waals surface area (Å²) in [7, 11) is 1.62. The lowest BCUT2D eigenvalue weighted by Crippen LogP contribution is -3.00. The molecule has 0 heterocycles. The lowest BCUT2D eigenvalue weighted by atomic mass is 10.0. The van der Waals surface area contributed by atoms with Crippen molar-refractivity contribution in [3.05, 3.63) is 36.4 Å². The van der Waals surface area contributed by atoms with Crippen LogP contribution in [0.3, 0.4) is 0 Å². The largest absolute Gasteiger partial charge is 1.00 e. The maximum absolute atomic E-state index is 12.1. The van der Waals surface area contributed by atoms with Gasteiger partial charge in [-0.1, -0.05) is 38.1 Å². The van der Waals surface area contributed by atoms with Crippen LogP contribution in [0.4, 0.5) is 5.69 Å². The van der Waals surface area contributed by atoms with Crippen molar-refractivity contribution in [3.63, 3.8) is 0 Å². The minimum absolute atomic E-state index is 0. The van der Waals surface area contributed by atoms with Crippen LogP contribution >= 0.6 is 0 Å². The maximum atomic E-state index is 12.1. The number of amides is 1. The molecule has 1 unspecified atom stereocenters. The standard InChI is InChI=1S/C17H22N2O2.ClH/c1-11(2)8-15(18)17(20)19-13-9-12-6-4-5-7-14(12)16(10-13)21-3;/h4-7,9-11,15H,8,18H2,1-3H3,(H,19,20);1H/p-1. The van der Waals surface area contributed by atoms with Gasteiger partial charge in [-0.25, -0.2) is 0 Å². The molecule has 0 aliphatic rings. The third-order valence-corrected chi connectivity index (χ3v) is 3.37. The van der Waals surface area contributed by atoms with Gasteiger partial charge < -0.3 is 28.2 Å². The van der Waals surface area contributed by atoms with E-state index >= 15 is 0 Å². The van der Waals surface area contributed by atoms with Gasteiger partial charge in [0.25, 0.3) is 0 Å². The van der Waals surface area contributed by atoms with Crippen LogP contribution in [-0.4, -0.2) is 19.1 Å². The summed E-state index contributed by atoms with van der Waals surface area (Å²) in [6.45, 7) is 4.10. The van der Waals surface area contributed by atoms with Crippen LogP contribution < -0.4 is 28.2 Å². The summed E-state index contributed by atoms with van der Waals surface area (Å²) >= 11 is 0. The summed E-state index contributed by atoms with van der Waals surface area (Å²) in [5.41, 5.74) is 6.61. The fourth-order valence-corrected chi connectivity index (χ4v) is 2.37. The molecule has 2 aromatic rings. The molecule has 4 nitrogen and oxygen atoms in total. The first-order valence-electron chi connectivity index (χ1n) is 7.14. The Labute approximate surface area is 137 Å². The number of hydrogen-bond acceptors (Lipinski definition) is 3. The predicted octanol–water partition coefficient (Wildman–Crippen LogP) is 0.164. The highest BCUT2D eigenvalue weighted by Gasteiger charge is 2.15. The van der Waals surface area contributed by atoms with E-state index in [1.54, 1.807) is 7.11 Å². The summed E-state index contributed by atoms with van der Waals surface area (Å²) in [4.78, 5) is 12.1. The Morgan fingerprint density at radius 3 is 2.59 bits per heavy atom. The van der Waals surface area contributed by atoms with Crippen LogP contribution in [0, 0.1) is 5.92 Å². The zero-order valence-electron chi connectivity index (χ0n) is 13.1. The van der Waals surface area contributed by atoms with Gasteiger partial charge in [-0.3, -0.25) is 4.79 Å². The van der Waals surface area contributed by atoms with Gasteiger partial charge in [-0.15, -0.1) is 0 Å². The molecular weight excluding hydrogens is 300 g/mol. The molecule has 22 heavy (non-hydrogen) atoms. The Bertz CT molecular complexity index is 644. The number of carbonyl (C=O) groups excluding carboxylic acids is 1. The molecule has 0 bridgehead atoms. The van der Waals surface area contributed by atoms with Gasteiger partial charge in [0.15, 0.2) is 0 Å². The normalized spacial score (nSPS) is 11.9. The van der Waals surface area contributed by atoms with E-state index < -0.39 is 6.04 Å². The molecule has 0 spiro atoms. The van der Waals surface area contributed by atoms with Gasteiger partial charge in [-0.05, 0) is 23.8 Å². The second kappa shape index (κ2) is 8.01. The number of anilines is 1. The molecule has 1 amide bonds. The van der Waals surface area contributed by atoms with Crippen LogP contribution in [-0.2, 0) is 4.79 Å². The van der Waals surface area contributed by atoms with E-state index in [0.717, 1.165) is 16.5 Å². The van der Waals surface area contributed by atoms with E-state index in [1.165, 1.54) is 0 Å². The molecule has 0 saturated heterocycles. The van der Waals surface area contributed by atoms with E-state index in [2.05, 4.69) is 5.32 Å². The SMILES string of the molecule is COc1cc(NC(=O)C(N)CC(C)C)cc2ccccc12.[Cl-]. The zero-order valence-corrected chi connectivity index (χ0v) is 13.9. The molecule has 0 radical (unpaired) electrons. The number of rotatable bonds is 5. The van der Waals surface area contributed by atoms with E-state index in [9.17, 15) is 4.79 Å². The number of carbonyl (C=O) groups is 1. The van der Waals surface area contributed by atoms with Crippen molar-refractivity contribution in [2.45, 2.75) is 26.3 Å². The van der Waals surface area contributed by atoms with Gasteiger partial charge in [0.2, 0.25) is 5.91 Å². The summed E-state index contributed by atoms with van der Waals surface area (Å²) in [5.74, 6) is 0.957. The first kappa shape index (κ1) is 18.3. The van der Waals surface area contributed by atoms with E-state index in [0.29, 0.717) is 18.0 Å². The first-order chi connectivity index (χ1) is 10.0. The van der Waals surface area contributed by atoms with Crippen molar-refractivity contribution in [1.29, 1.82) is 0 Å². The molecule has 0 fully saturated rings. The van der Waals surface area contributed by atoms with Gasteiger partial charge in [0.1, 0.15) is 5.75 Å². The second-order valence-corrected chi connectivity index (χ2v) is 5.62. The van der Waals surface area contributed by atoms with Crippen molar-refractivity contribution < 1.29 is 21.9 Å². The molecule has 0 aliphatic carbocycles. The highest BCUT2D eigenvalue weighted by Crippen LogP contribution is 2.29. The highest BCUT2D eigenvalue weighted by atomic mass is 35.5. The number of fused-ring (bicyclic) bond motifs is 1. The lowest BCUT2D eigenvalue weighted by molar-refractivity contribution is -0.117. The predicted molar refractivity (Wildman–Crippen MR) is 86.6 cm³/mol. The molecule has 0 aromatic heterocycles. The monoisotopic (exact) mass is 321 g/mol. The van der Waals surface area contributed by atoms with Crippen molar-refractivity contribution >= 4 is 22.4 Å². The van der Waals surface area contributed by atoms with Gasteiger partial charge in [0.05, 0.1) is 13.2 Å². The average Bonchev–Trinajstić information content (AvgIpc) is 2.45. The van der Waals surface area contributed by atoms with Crippen LogP contribution in [0.15, 0.2) is 36.4 Å². The van der Waals surface area contributed by atoms with Crippen molar-refractivity contribution in [2.24, 2.45) is 11.7 Å². The first-order valence-corrected chi connectivity index (χ1v) is 7.14. The third kappa shape index (κ3) is 4.36. The molecule has 1 atom stereocenters. The van der Waals surface area contributed by atoms with Crippen LogP contribution in [0.1, 0.15) is 20.3 Å². The number of ether oxygens (including phenoxy) is 1. The number of methoxy groups -OCH3 is 1. The van der Waals surface area contributed by atoms with Gasteiger partial charge in [-0.2, -0.15) is 0 Å². The fraction of sp³-hybridized carbons (Fsp3) is 0.353. The van der Waals surface area contributed by atoms with Gasteiger partial charge in [0, 0.05) is 17.1 Å². The Kier molecular flexibility index (Phi) is 6.65. The van der Waals surface area contributed by atoms with Crippen molar-refractivity contribution in [3.8, 4) is 5.75 Å².